The van der Waals surface area contributed by atoms with E-state index in [0.717, 1.165) is 18.4 Å². The number of benzene rings is 1. The van der Waals surface area contributed by atoms with Gasteiger partial charge in [0.1, 0.15) is 0 Å². The minimum atomic E-state index is 0.0216. The number of aryl methyl sites for hydroxylation is 1. The highest BCUT2D eigenvalue weighted by Gasteiger charge is 2.22. The predicted octanol–water partition coefficient (Wildman–Crippen LogP) is 2.72. The molecule has 0 N–H and O–H groups in total. The predicted molar refractivity (Wildman–Crippen MR) is 79.7 cm³/mol. The van der Waals surface area contributed by atoms with E-state index in [0.29, 0.717) is 18.7 Å². The van der Waals surface area contributed by atoms with Gasteiger partial charge in [-0.05, 0) is 25.3 Å². The van der Waals surface area contributed by atoms with Gasteiger partial charge in [-0.2, -0.15) is 5.26 Å². The molecule has 0 atom stereocenters. The molecule has 1 saturated heterocycles. The maximum absolute atomic E-state index is 12.1. The number of hydrogen-bond donors (Lipinski definition) is 0. The number of nitrogens with zero attached hydrogens (tertiary/aromatic N) is 2. The van der Waals surface area contributed by atoms with Crippen LogP contribution in [-0.4, -0.2) is 29.7 Å². The summed E-state index contributed by atoms with van der Waals surface area (Å²) in [7, 11) is 0. The van der Waals surface area contributed by atoms with Crippen molar-refractivity contribution >= 4 is 11.7 Å². The number of nitriles is 1. The minimum absolute atomic E-state index is 0.0216. The molecule has 21 heavy (non-hydrogen) atoms. The van der Waals surface area contributed by atoms with Crippen molar-refractivity contribution in [1.82, 2.24) is 4.90 Å². The molecule has 1 fully saturated rings. The van der Waals surface area contributed by atoms with Gasteiger partial charge >= 0.3 is 0 Å². The van der Waals surface area contributed by atoms with Crippen LogP contribution in [0.4, 0.5) is 0 Å². The van der Waals surface area contributed by atoms with E-state index in [-0.39, 0.29) is 30.4 Å². The minimum Gasteiger partial charge on any atom is -0.343 e. The van der Waals surface area contributed by atoms with Crippen LogP contribution in [0.3, 0.4) is 0 Å². The first-order valence-electron chi connectivity index (χ1n) is 7.38. The Balaban J connectivity index is 1.83. The molecular formula is C17H20N2O2. The fraction of sp³-hybridized carbons (Fsp3) is 0.471. The lowest BCUT2D eigenvalue weighted by Gasteiger charge is -2.29. The molecule has 0 aromatic heterocycles. The topological polar surface area (TPSA) is 61.2 Å². The summed E-state index contributed by atoms with van der Waals surface area (Å²) in [5.41, 5.74) is 1.65. The third-order valence-electron chi connectivity index (χ3n) is 4.04. The molecule has 1 aromatic carbocycles. The number of carbonyl (C=O) groups is 2. The van der Waals surface area contributed by atoms with Crippen molar-refractivity contribution < 1.29 is 9.59 Å². The molecule has 0 bridgehead atoms. The quantitative estimate of drug-likeness (QED) is 0.799. The summed E-state index contributed by atoms with van der Waals surface area (Å²) in [6.45, 7) is 3.17. The van der Waals surface area contributed by atoms with Gasteiger partial charge in [0.15, 0.2) is 5.78 Å². The van der Waals surface area contributed by atoms with E-state index in [2.05, 4.69) is 6.07 Å². The van der Waals surface area contributed by atoms with Crippen molar-refractivity contribution in [2.24, 2.45) is 5.92 Å². The van der Waals surface area contributed by atoms with E-state index in [1.54, 1.807) is 11.0 Å². The smallest absolute Gasteiger partial charge is 0.223 e. The largest absolute Gasteiger partial charge is 0.343 e. The molecule has 4 heteroatoms. The van der Waals surface area contributed by atoms with Gasteiger partial charge in [-0.3, -0.25) is 9.59 Å². The van der Waals surface area contributed by atoms with Crippen molar-refractivity contribution in [1.29, 1.82) is 5.26 Å². The van der Waals surface area contributed by atoms with Crippen LogP contribution in [-0.2, 0) is 4.79 Å². The Morgan fingerprint density at radius 2 is 1.90 bits per heavy atom. The summed E-state index contributed by atoms with van der Waals surface area (Å²) in [4.78, 5) is 26.0. The third-order valence-corrected chi connectivity index (χ3v) is 4.04. The first kappa shape index (κ1) is 15.2. The van der Waals surface area contributed by atoms with Gasteiger partial charge in [-0.15, -0.1) is 0 Å². The first-order chi connectivity index (χ1) is 10.1. The van der Waals surface area contributed by atoms with E-state index in [1.165, 1.54) is 0 Å². The molecule has 1 heterocycles. The molecule has 1 aliphatic rings. The fourth-order valence-electron chi connectivity index (χ4n) is 2.66. The highest BCUT2D eigenvalue weighted by atomic mass is 16.2. The summed E-state index contributed by atoms with van der Waals surface area (Å²) in [5.74, 6) is 0.115. The number of ketones is 1. The summed E-state index contributed by atoms with van der Waals surface area (Å²) in [6, 6.07) is 9.70. The van der Waals surface area contributed by atoms with Crippen LogP contribution in [0.2, 0.25) is 0 Å². The lowest BCUT2D eigenvalue weighted by Crippen LogP contribution is -2.38. The molecule has 1 aromatic rings. The normalized spacial score (nSPS) is 15.5. The SMILES string of the molecule is Cc1ccccc1C(=O)CCC(=O)N1CCC(C#N)CC1. The highest BCUT2D eigenvalue weighted by Crippen LogP contribution is 2.18. The molecule has 0 unspecified atom stereocenters. The van der Waals surface area contributed by atoms with Gasteiger partial charge in [-0.25, -0.2) is 0 Å². The van der Waals surface area contributed by atoms with Crippen LogP contribution >= 0.6 is 0 Å². The number of carbonyl (C=O) groups excluding carboxylic acids is 2. The van der Waals surface area contributed by atoms with E-state index in [4.69, 9.17) is 5.26 Å². The number of Topliss-reactive ketones (excluding diaryl/α,β-unsaturated/α-hetero) is 1. The highest BCUT2D eigenvalue weighted by molar-refractivity contribution is 5.99. The lowest BCUT2D eigenvalue weighted by molar-refractivity contribution is -0.132. The maximum atomic E-state index is 12.1. The van der Waals surface area contributed by atoms with Crippen molar-refractivity contribution in [3.05, 3.63) is 35.4 Å². The zero-order valence-corrected chi connectivity index (χ0v) is 12.3. The molecule has 4 nitrogen and oxygen atoms in total. The Hall–Kier alpha value is -2.15. The van der Waals surface area contributed by atoms with Crippen molar-refractivity contribution in [3.63, 3.8) is 0 Å². The number of likely N-dealkylation sites (tertiary alicyclic amines) is 1. The van der Waals surface area contributed by atoms with Gasteiger partial charge < -0.3 is 4.90 Å². The lowest BCUT2D eigenvalue weighted by atomic mass is 9.97. The average Bonchev–Trinajstić information content (AvgIpc) is 2.52. The molecule has 110 valence electrons. The Morgan fingerprint density at radius 1 is 1.24 bits per heavy atom. The third kappa shape index (κ3) is 3.91. The summed E-state index contributed by atoms with van der Waals surface area (Å²) in [5, 5.41) is 8.85. The first-order valence-corrected chi connectivity index (χ1v) is 7.38. The summed E-state index contributed by atoms with van der Waals surface area (Å²) < 4.78 is 0. The maximum Gasteiger partial charge on any atom is 0.223 e. The van der Waals surface area contributed by atoms with Crippen molar-refractivity contribution in [3.8, 4) is 6.07 Å². The van der Waals surface area contributed by atoms with Crippen LogP contribution in [0.25, 0.3) is 0 Å². The second-order valence-electron chi connectivity index (χ2n) is 5.52. The standard InChI is InChI=1S/C17H20N2O2/c1-13-4-2-3-5-15(13)16(20)6-7-17(21)19-10-8-14(12-18)9-11-19/h2-5,14H,6-11H2,1H3. The van der Waals surface area contributed by atoms with E-state index < -0.39 is 0 Å². The molecule has 1 amide bonds. The van der Waals surface area contributed by atoms with Gasteiger partial charge in [0.05, 0.1) is 6.07 Å². The van der Waals surface area contributed by atoms with Gasteiger partial charge in [0, 0.05) is 37.4 Å². The number of amides is 1. The zero-order valence-electron chi connectivity index (χ0n) is 12.3. The van der Waals surface area contributed by atoms with Gasteiger partial charge in [0.2, 0.25) is 5.91 Å². The molecular weight excluding hydrogens is 264 g/mol. The van der Waals surface area contributed by atoms with Crippen LogP contribution in [0.1, 0.15) is 41.6 Å². The average molecular weight is 284 g/mol. The van der Waals surface area contributed by atoms with Crippen molar-refractivity contribution in [2.75, 3.05) is 13.1 Å². The van der Waals surface area contributed by atoms with Gasteiger partial charge in [-0.1, -0.05) is 24.3 Å². The molecule has 0 spiro atoms. The number of hydrogen-bond acceptors (Lipinski definition) is 3. The number of piperidine rings is 1. The van der Waals surface area contributed by atoms with Crippen LogP contribution in [0, 0.1) is 24.2 Å². The monoisotopic (exact) mass is 284 g/mol. The van der Waals surface area contributed by atoms with E-state index >= 15 is 0 Å². The second-order valence-corrected chi connectivity index (χ2v) is 5.52. The fourth-order valence-corrected chi connectivity index (χ4v) is 2.66. The van der Waals surface area contributed by atoms with E-state index in [9.17, 15) is 9.59 Å². The molecule has 1 aliphatic heterocycles. The van der Waals surface area contributed by atoms with Crippen LogP contribution in [0.5, 0.6) is 0 Å². The Labute approximate surface area is 125 Å². The second kappa shape index (κ2) is 7.03. The van der Waals surface area contributed by atoms with Crippen LogP contribution < -0.4 is 0 Å². The zero-order chi connectivity index (χ0) is 15.2. The van der Waals surface area contributed by atoms with Gasteiger partial charge in [0.25, 0.3) is 0 Å². The van der Waals surface area contributed by atoms with E-state index in [1.807, 2.05) is 25.1 Å². The Kier molecular flexibility index (Phi) is 5.10. The molecule has 0 aliphatic carbocycles. The Morgan fingerprint density at radius 3 is 2.52 bits per heavy atom. The Bertz CT molecular complexity index is 566. The van der Waals surface area contributed by atoms with Crippen LogP contribution in [0.15, 0.2) is 24.3 Å². The number of rotatable bonds is 4. The summed E-state index contributed by atoms with van der Waals surface area (Å²) >= 11 is 0. The molecule has 2 rings (SSSR count). The molecule has 0 radical (unpaired) electrons. The summed E-state index contributed by atoms with van der Waals surface area (Å²) in [6.07, 6.45) is 1.99. The molecule has 0 saturated carbocycles. The van der Waals surface area contributed by atoms with Crippen molar-refractivity contribution in [2.45, 2.75) is 32.6 Å².